The van der Waals surface area contributed by atoms with Crippen LogP contribution in [0.4, 0.5) is 0 Å². The third-order valence-electron chi connectivity index (χ3n) is 5.61. The van der Waals surface area contributed by atoms with Gasteiger partial charge in [-0.15, -0.1) is 11.8 Å². The second kappa shape index (κ2) is 11.0. The summed E-state index contributed by atoms with van der Waals surface area (Å²) in [5.74, 6) is 1.95. The van der Waals surface area contributed by atoms with Crippen molar-refractivity contribution < 1.29 is 5.11 Å². The van der Waals surface area contributed by atoms with Gasteiger partial charge in [0.05, 0.1) is 0 Å². The third kappa shape index (κ3) is 5.85. The molecule has 0 heterocycles. The van der Waals surface area contributed by atoms with Gasteiger partial charge < -0.3 is 10.0 Å². The van der Waals surface area contributed by atoms with Gasteiger partial charge in [-0.25, -0.2) is 0 Å². The normalized spacial score (nSPS) is 15.0. The fourth-order valence-corrected chi connectivity index (χ4v) is 4.80. The Hall–Kier alpha value is -1.29. The Morgan fingerprint density at radius 1 is 0.893 bits per heavy atom. The van der Waals surface area contributed by atoms with Crippen LogP contribution >= 0.6 is 11.8 Å². The van der Waals surface area contributed by atoms with E-state index in [0.717, 1.165) is 42.4 Å². The Kier molecular flexibility index (Phi) is 9.07. The first-order valence-electron chi connectivity index (χ1n) is 10.6. The maximum absolute atomic E-state index is 12.0. The molecule has 0 radical (unpaired) electrons. The standard InChI is InChI=1S/C25H37NOS/c1-6-26(7-2)19-21(5)25(27,22-11-9-8-10-12-22)23-13-15-24(16-14-23)28-18-17-20(3)4/h8-16,20-21,27H,6-7,17-19H2,1-5H3. The maximum Gasteiger partial charge on any atom is 0.118 e. The molecule has 0 aliphatic carbocycles. The molecule has 2 rings (SSSR count). The molecular formula is C25H37NOS. The van der Waals surface area contributed by atoms with Crippen LogP contribution in [0.25, 0.3) is 0 Å². The number of nitrogens with zero attached hydrogens (tertiary/aromatic N) is 1. The predicted molar refractivity (Wildman–Crippen MR) is 123 cm³/mol. The zero-order chi connectivity index (χ0) is 20.6. The molecule has 3 heteroatoms. The Balaban J connectivity index is 2.29. The van der Waals surface area contributed by atoms with Gasteiger partial charge in [0.25, 0.3) is 0 Å². The van der Waals surface area contributed by atoms with Crippen molar-refractivity contribution >= 4 is 11.8 Å². The molecule has 0 spiro atoms. The first kappa shape index (κ1) is 23.0. The fourth-order valence-electron chi connectivity index (χ4n) is 3.65. The van der Waals surface area contributed by atoms with E-state index in [9.17, 15) is 5.11 Å². The Morgan fingerprint density at radius 2 is 1.46 bits per heavy atom. The lowest BCUT2D eigenvalue weighted by atomic mass is 9.76. The van der Waals surface area contributed by atoms with Gasteiger partial charge in [-0.3, -0.25) is 0 Å². The number of hydrogen-bond donors (Lipinski definition) is 1. The van der Waals surface area contributed by atoms with Crippen molar-refractivity contribution in [3.8, 4) is 0 Å². The van der Waals surface area contributed by atoms with Gasteiger partial charge in [0.1, 0.15) is 5.60 Å². The Bertz CT molecular complexity index is 681. The molecular weight excluding hydrogens is 362 g/mol. The van der Waals surface area contributed by atoms with E-state index in [4.69, 9.17) is 0 Å². The van der Waals surface area contributed by atoms with Gasteiger partial charge in [-0.1, -0.05) is 77.1 Å². The molecule has 0 bridgehead atoms. The summed E-state index contributed by atoms with van der Waals surface area (Å²) in [6, 6.07) is 18.7. The summed E-state index contributed by atoms with van der Waals surface area (Å²) in [5, 5.41) is 12.0. The number of hydrogen-bond acceptors (Lipinski definition) is 3. The van der Waals surface area contributed by atoms with Gasteiger partial charge >= 0.3 is 0 Å². The molecule has 0 saturated heterocycles. The van der Waals surface area contributed by atoms with Crippen LogP contribution in [0.15, 0.2) is 59.5 Å². The van der Waals surface area contributed by atoms with E-state index in [0.29, 0.717) is 0 Å². The maximum atomic E-state index is 12.0. The molecule has 2 atom stereocenters. The van der Waals surface area contributed by atoms with Crippen molar-refractivity contribution in [3.05, 3.63) is 65.7 Å². The lowest BCUT2D eigenvalue weighted by Crippen LogP contribution is -2.42. The highest BCUT2D eigenvalue weighted by molar-refractivity contribution is 7.99. The SMILES string of the molecule is CCN(CC)CC(C)C(O)(c1ccccc1)c1ccc(SCCC(C)C)cc1. The molecule has 2 aromatic rings. The third-order valence-corrected chi connectivity index (χ3v) is 6.66. The number of aliphatic hydroxyl groups is 1. The molecule has 0 aliphatic heterocycles. The second-order valence-electron chi connectivity index (χ2n) is 8.07. The first-order valence-corrected chi connectivity index (χ1v) is 11.6. The largest absolute Gasteiger partial charge is 0.380 e. The molecule has 1 N–H and O–H groups in total. The van der Waals surface area contributed by atoms with E-state index >= 15 is 0 Å². The molecule has 0 aromatic heterocycles. The highest BCUT2D eigenvalue weighted by atomic mass is 32.2. The van der Waals surface area contributed by atoms with Crippen LogP contribution in [0.1, 0.15) is 52.2 Å². The van der Waals surface area contributed by atoms with Gasteiger partial charge in [0, 0.05) is 17.4 Å². The van der Waals surface area contributed by atoms with Crippen molar-refractivity contribution in [3.63, 3.8) is 0 Å². The van der Waals surface area contributed by atoms with Crippen molar-refractivity contribution in [2.45, 2.75) is 51.5 Å². The molecule has 0 saturated carbocycles. The highest BCUT2D eigenvalue weighted by Gasteiger charge is 2.38. The van der Waals surface area contributed by atoms with E-state index < -0.39 is 5.60 Å². The van der Waals surface area contributed by atoms with Crippen LogP contribution in [0.3, 0.4) is 0 Å². The van der Waals surface area contributed by atoms with Crippen LogP contribution in [-0.2, 0) is 5.60 Å². The molecule has 2 unspecified atom stereocenters. The van der Waals surface area contributed by atoms with Gasteiger partial charge in [0.2, 0.25) is 0 Å². The predicted octanol–water partition coefficient (Wildman–Crippen LogP) is 6.04. The average molecular weight is 400 g/mol. The fraction of sp³-hybridized carbons (Fsp3) is 0.520. The lowest BCUT2D eigenvalue weighted by Gasteiger charge is -2.38. The van der Waals surface area contributed by atoms with Crippen LogP contribution in [0, 0.1) is 11.8 Å². The number of thioether (sulfide) groups is 1. The van der Waals surface area contributed by atoms with Crippen molar-refractivity contribution in [2.24, 2.45) is 11.8 Å². The lowest BCUT2D eigenvalue weighted by molar-refractivity contribution is 0.00867. The topological polar surface area (TPSA) is 23.5 Å². The molecule has 2 nitrogen and oxygen atoms in total. The van der Waals surface area contributed by atoms with Crippen LogP contribution < -0.4 is 0 Å². The Labute approximate surface area is 176 Å². The molecule has 0 amide bonds. The van der Waals surface area contributed by atoms with Crippen molar-refractivity contribution in [2.75, 3.05) is 25.4 Å². The average Bonchev–Trinajstić information content (AvgIpc) is 2.72. The van der Waals surface area contributed by atoms with Crippen LogP contribution in [0.5, 0.6) is 0 Å². The zero-order valence-corrected chi connectivity index (χ0v) is 19.0. The van der Waals surface area contributed by atoms with E-state index in [2.05, 4.69) is 63.8 Å². The number of rotatable bonds is 11. The molecule has 0 fully saturated rings. The van der Waals surface area contributed by atoms with Crippen LogP contribution in [-0.4, -0.2) is 35.4 Å². The van der Waals surface area contributed by atoms with E-state index in [1.807, 2.05) is 42.1 Å². The van der Waals surface area contributed by atoms with Gasteiger partial charge in [0.15, 0.2) is 0 Å². The summed E-state index contributed by atoms with van der Waals surface area (Å²) < 4.78 is 0. The minimum Gasteiger partial charge on any atom is -0.380 e. The smallest absolute Gasteiger partial charge is 0.118 e. The van der Waals surface area contributed by atoms with Crippen molar-refractivity contribution in [1.29, 1.82) is 0 Å². The monoisotopic (exact) mass is 399 g/mol. The van der Waals surface area contributed by atoms with Crippen LogP contribution in [0.2, 0.25) is 0 Å². The highest BCUT2D eigenvalue weighted by Crippen LogP contribution is 2.38. The first-order chi connectivity index (χ1) is 13.4. The summed E-state index contributed by atoms with van der Waals surface area (Å²) in [7, 11) is 0. The summed E-state index contributed by atoms with van der Waals surface area (Å²) in [5.41, 5.74) is 0.951. The summed E-state index contributed by atoms with van der Waals surface area (Å²) in [4.78, 5) is 3.66. The minimum atomic E-state index is -0.995. The van der Waals surface area contributed by atoms with Crippen molar-refractivity contribution in [1.82, 2.24) is 4.90 Å². The molecule has 154 valence electrons. The summed E-state index contributed by atoms with van der Waals surface area (Å²) in [6.45, 7) is 13.9. The van der Waals surface area contributed by atoms with Gasteiger partial charge in [-0.2, -0.15) is 0 Å². The minimum absolute atomic E-state index is 0.0780. The number of benzene rings is 2. The zero-order valence-electron chi connectivity index (χ0n) is 18.2. The quantitative estimate of drug-likeness (QED) is 0.466. The second-order valence-corrected chi connectivity index (χ2v) is 9.24. The molecule has 0 aliphatic rings. The van der Waals surface area contributed by atoms with E-state index in [-0.39, 0.29) is 5.92 Å². The molecule has 2 aromatic carbocycles. The summed E-state index contributed by atoms with van der Waals surface area (Å²) in [6.07, 6.45) is 1.22. The van der Waals surface area contributed by atoms with E-state index in [1.54, 1.807) is 0 Å². The molecule has 28 heavy (non-hydrogen) atoms. The van der Waals surface area contributed by atoms with E-state index in [1.165, 1.54) is 11.3 Å². The van der Waals surface area contributed by atoms with Gasteiger partial charge in [-0.05, 0) is 54.4 Å². The summed E-state index contributed by atoms with van der Waals surface area (Å²) >= 11 is 1.90. The Morgan fingerprint density at radius 3 is 2.00 bits per heavy atom.